The van der Waals surface area contributed by atoms with E-state index in [0.717, 1.165) is 24.7 Å². The maximum absolute atomic E-state index is 6.12. The molecule has 0 spiro atoms. The molecule has 1 aromatic rings. The summed E-state index contributed by atoms with van der Waals surface area (Å²) in [4.78, 5) is 5.04. The maximum atomic E-state index is 6.12. The number of hydrogen-bond donors (Lipinski definition) is 1. The van der Waals surface area contributed by atoms with E-state index in [0.29, 0.717) is 0 Å². The fraction of sp³-hybridized carbons (Fsp3) is 0.600. The molecule has 1 aliphatic carbocycles. The van der Waals surface area contributed by atoms with Gasteiger partial charge < -0.3 is 10.6 Å². The van der Waals surface area contributed by atoms with Crippen molar-refractivity contribution in [3.8, 4) is 0 Å². The predicted molar refractivity (Wildman–Crippen MR) is 77.0 cm³/mol. The number of piperazine rings is 1. The van der Waals surface area contributed by atoms with Crippen LogP contribution < -0.4 is 10.6 Å². The van der Waals surface area contributed by atoms with E-state index < -0.39 is 0 Å². The second-order valence-electron chi connectivity index (χ2n) is 5.79. The van der Waals surface area contributed by atoms with Gasteiger partial charge in [-0.05, 0) is 43.4 Å². The lowest BCUT2D eigenvalue weighted by molar-refractivity contribution is 0.248. The standard InChI is InChI=1S/C15H23N3/c1-12-2-5-15(14(16)10-12)18-8-6-17(7-9-18)11-13-3-4-13/h2,5,10,13H,3-4,6-9,11,16H2,1H3. The van der Waals surface area contributed by atoms with Crippen LogP contribution >= 0.6 is 0 Å². The molecule has 18 heavy (non-hydrogen) atoms. The fourth-order valence-electron chi connectivity index (χ4n) is 2.80. The van der Waals surface area contributed by atoms with Gasteiger partial charge in [-0.3, -0.25) is 4.90 Å². The second-order valence-corrected chi connectivity index (χ2v) is 5.79. The average Bonchev–Trinajstić information content (AvgIpc) is 3.15. The topological polar surface area (TPSA) is 32.5 Å². The Bertz CT molecular complexity index is 418. The minimum absolute atomic E-state index is 0.922. The van der Waals surface area contributed by atoms with Gasteiger partial charge in [0.05, 0.1) is 11.4 Å². The zero-order chi connectivity index (χ0) is 12.5. The van der Waals surface area contributed by atoms with E-state index in [1.165, 1.54) is 43.7 Å². The summed E-state index contributed by atoms with van der Waals surface area (Å²) in [6, 6.07) is 6.40. The van der Waals surface area contributed by atoms with Gasteiger partial charge in [-0.25, -0.2) is 0 Å². The first-order valence-corrected chi connectivity index (χ1v) is 7.06. The van der Waals surface area contributed by atoms with E-state index in [9.17, 15) is 0 Å². The number of rotatable bonds is 3. The minimum atomic E-state index is 0.922. The fourth-order valence-corrected chi connectivity index (χ4v) is 2.80. The highest BCUT2D eigenvalue weighted by atomic mass is 15.3. The lowest BCUT2D eigenvalue weighted by Crippen LogP contribution is -2.47. The number of hydrogen-bond acceptors (Lipinski definition) is 3. The lowest BCUT2D eigenvalue weighted by Gasteiger charge is -2.36. The van der Waals surface area contributed by atoms with Crippen LogP contribution in [0, 0.1) is 12.8 Å². The molecule has 3 rings (SSSR count). The van der Waals surface area contributed by atoms with Crippen molar-refractivity contribution in [3.63, 3.8) is 0 Å². The first-order valence-electron chi connectivity index (χ1n) is 7.06. The first-order chi connectivity index (χ1) is 8.72. The van der Waals surface area contributed by atoms with Crippen molar-refractivity contribution in [1.82, 2.24) is 4.90 Å². The van der Waals surface area contributed by atoms with Crippen LogP contribution in [0.15, 0.2) is 18.2 Å². The molecule has 0 atom stereocenters. The van der Waals surface area contributed by atoms with Crippen molar-refractivity contribution in [2.75, 3.05) is 43.4 Å². The number of nitrogens with two attached hydrogens (primary N) is 1. The monoisotopic (exact) mass is 245 g/mol. The van der Waals surface area contributed by atoms with Crippen molar-refractivity contribution < 1.29 is 0 Å². The first kappa shape index (κ1) is 11.8. The van der Waals surface area contributed by atoms with E-state index in [4.69, 9.17) is 5.73 Å². The Kier molecular flexibility index (Phi) is 3.16. The Morgan fingerprint density at radius 2 is 1.89 bits per heavy atom. The van der Waals surface area contributed by atoms with Crippen LogP contribution in [0.1, 0.15) is 18.4 Å². The summed E-state index contributed by atoms with van der Waals surface area (Å²) in [6.45, 7) is 8.00. The van der Waals surface area contributed by atoms with Gasteiger partial charge in [-0.2, -0.15) is 0 Å². The Balaban J connectivity index is 1.60. The normalized spacial score (nSPS) is 21.3. The van der Waals surface area contributed by atoms with Gasteiger partial charge in [-0.1, -0.05) is 6.07 Å². The highest BCUT2D eigenvalue weighted by Gasteiger charge is 2.26. The summed E-state index contributed by atoms with van der Waals surface area (Å²) in [5.74, 6) is 1.00. The molecule has 0 unspecified atom stereocenters. The molecular formula is C15H23N3. The molecule has 2 N–H and O–H groups in total. The molecule has 98 valence electrons. The Morgan fingerprint density at radius 3 is 2.50 bits per heavy atom. The Hall–Kier alpha value is -1.22. The maximum Gasteiger partial charge on any atom is 0.0601 e. The quantitative estimate of drug-likeness (QED) is 0.828. The Labute approximate surface area is 110 Å². The summed E-state index contributed by atoms with van der Waals surface area (Å²) < 4.78 is 0. The molecule has 2 aliphatic rings. The molecule has 0 amide bonds. The number of anilines is 2. The highest BCUT2D eigenvalue weighted by Crippen LogP contribution is 2.30. The molecule has 1 saturated heterocycles. The molecule has 1 heterocycles. The smallest absolute Gasteiger partial charge is 0.0601 e. The van der Waals surface area contributed by atoms with Crippen molar-refractivity contribution in [3.05, 3.63) is 23.8 Å². The summed E-state index contributed by atoms with van der Waals surface area (Å²) in [6.07, 6.45) is 2.90. The van der Waals surface area contributed by atoms with Gasteiger partial charge in [0.1, 0.15) is 0 Å². The third-order valence-corrected chi connectivity index (χ3v) is 4.11. The summed E-state index contributed by atoms with van der Waals surface area (Å²) in [5.41, 5.74) is 9.50. The number of nitrogens with zero attached hydrogens (tertiary/aromatic N) is 2. The van der Waals surface area contributed by atoms with Crippen LogP contribution in [-0.4, -0.2) is 37.6 Å². The van der Waals surface area contributed by atoms with Crippen molar-refractivity contribution >= 4 is 11.4 Å². The van der Waals surface area contributed by atoms with Gasteiger partial charge in [0, 0.05) is 32.7 Å². The number of benzene rings is 1. The van der Waals surface area contributed by atoms with Gasteiger partial charge >= 0.3 is 0 Å². The van der Waals surface area contributed by atoms with E-state index in [1.807, 2.05) is 0 Å². The third kappa shape index (κ3) is 2.61. The molecule has 3 heteroatoms. The molecule has 1 aromatic carbocycles. The largest absolute Gasteiger partial charge is 0.397 e. The number of aryl methyl sites for hydroxylation is 1. The zero-order valence-corrected chi connectivity index (χ0v) is 11.2. The highest BCUT2D eigenvalue weighted by molar-refractivity contribution is 5.68. The molecule has 3 nitrogen and oxygen atoms in total. The van der Waals surface area contributed by atoms with Crippen LogP contribution in [0.2, 0.25) is 0 Å². The lowest BCUT2D eigenvalue weighted by atomic mass is 10.1. The van der Waals surface area contributed by atoms with Crippen LogP contribution in [0.5, 0.6) is 0 Å². The minimum Gasteiger partial charge on any atom is -0.397 e. The molecule has 1 saturated carbocycles. The van der Waals surface area contributed by atoms with Crippen LogP contribution in [0.25, 0.3) is 0 Å². The van der Waals surface area contributed by atoms with Crippen LogP contribution in [-0.2, 0) is 0 Å². The van der Waals surface area contributed by atoms with Gasteiger partial charge in [0.2, 0.25) is 0 Å². The van der Waals surface area contributed by atoms with Crippen LogP contribution in [0.3, 0.4) is 0 Å². The van der Waals surface area contributed by atoms with E-state index in [-0.39, 0.29) is 0 Å². The molecule has 0 bridgehead atoms. The molecular weight excluding hydrogens is 222 g/mol. The third-order valence-electron chi connectivity index (χ3n) is 4.11. The summed E-state index contributed by atoms with van der Waals surface area (Å²) >= 11 is 0. The summed E-state index contributed by atoms with van der Waals surface area (Å²) in [7, 11) is 0. The second kappa shape index (κ2) is 4.81. The van der Waals surface area contributed by atoms with E-state index in [1.54, 1.807) is 0 Å². The average molecular weight is 245 g/mol. The molecule has 2 fully saturated rings. The number of nitrogen functional groups attached to an aromatic ring is 1. The van der Waals surface area contributed by atoms with Gasteiger partial charge in [0.15, 0.2) is 0 Å². The zero-order valence-electron chi connectivity index (χ0n) is 11.2. The SMILES string of the molecule is Cc1ccc(N2CCN(CC3CC3)CC2)c(N)c1. The van der Waals surface area contributed by atoms with Gasteiger partial charge in [0.25, 0.3) is 0 Å². The predicted octanol–water partition coefficient (Wildman–Crippen LogP) is 2.11. The Morgan fingerprint density at radius 1 is 1.17 bits per heavy atom. The molecule has 0 radical (unpaired) electrons. The van der Waals surface area contributed by atoms with E-state index >= 15 is 0 Å². The van der Waals surface area contributed by atoms with E-state index in [2.05, 4.69) is 34.9 Å². The van der Waals surface area contributed by atoms with Crippen LogP contribution in [0.4, 0.5) is 11.4 Å². The van der Waals surface area contributed by atoms with Crippen molar-refractivity contribution in [2.24, 2.45) is 5.92 Å². The van der Waals surface area contributed by atoms with Crippen molar-refractivity contribution in [2.45, 2.75) is 19.8 Å². The van der Waals surface area contributed by atoms with Gasteiger partial charge in [-0.15, -0.1) is 0 Å². The van der Waals surface area contributed by atoms with Crippen molar-refractivity contribution in [1.29, 1.82) is 0 Å². The molecule has 1 aliphatic heterocycles. The summed E-state index contributed by atoms with van der Waals surface area (Å²) in [5, 5.41) is 0. The molecule has 0 aromatic heterocycles.